The first-order valence-electron chi connectivity index (χ1n) is 7.19. The monoisotopic (exact) mass is 313 g/mol. The van der Waals surface area contributed by atoms with Crippen molar-refractivity contribution in [2.75, 3.05) is 11.1 Å². The highest BCUT2D eigenvalue weighted by Crippen LogP contribution is 2.14. The Morgan fingerprint density at radius 3 is 2.61 bits per heavy atom. The third-order valence-corrected chi connectivity index (χ3v) is 3.25. The van der Waals surface area contributed by atoms with Crippen LogP contribution in [0.1, 0.15) is 22.8 Å². The average Bonchev–Trinajstić information content (AvgIpc) is 2.46. The molecule has 23 heavy (non-hydrogen) atoms. The van der Waals surface area contributed by atoms with Crippen molar-refractivity contribution < 1.29 is 14.7 Å². The summed E-state index contributed by atoms with van der Waals surface area (Å²) in [5.41, 5.74) is 8.27. The summed E-state index contributed by atoms with van der Waals surface area (Å²) in [4.78, 5) is 22.9. The topological polar surface area (TPSA) is 104 Å². The molecule has 2 rings (SSSR count). The van der Waals surface area contributed by atoms with E-state index in [0.717, 1.165) is 5.56 Å². The van der Waals surface area contributed by atoms with Crippen molar-refractivity contribution in [2.45, 2.75) is 19.4 Å². The molecule has 6 nitrogen and oxygen atoms in total. The van der Waals surface area contributed by atoms with Gasteiger partial charge in [0.1, 0.15) is 0 Å². The number of rotatable bonds is 5. The normalized spacial score (nSPS) is 11.5. The molecular weight excluding hydrogens is 294 g/mol. The maximum Gasteiger partial charge on any atom is 0.404 e. The number of benzene rings is 2. The maximum absolute atomic E-state index is 12.3. The van der Waals surface area contributed by atoms with Crippen LogP contribution < -0.4 is 16.4 Å². The Hall–Kier alpha value is -3.02. The quantitative estimate of drug-likeness (QED) is 0.637. The third kappa shape index (κ3) is 5.03. The second-order valence-corrected chi connectivity index (χ2v) is 5.33. The summed E-state index contributed by atoms with van der Waals surface area (Å²) in [6, 6.07) is 13.8. The molecule has 0 aromatic heterocycles. The number of carboxylic acid groups (broad SMARTS) is 1. The Morgan fingerprint density at radius 1 is 1.17 bits per heavy atom. The molecule has 120 valence electrons. The van der Waals surface area contributed by atoms with Crippen LogP contribution in [0.3, 0.4) is 0 Å². The van der Waals surface area contributed by atoms with Crippen LogP contribution in [0.5, 0.6) is 0 Å². The van der Waals surface area contributed by atoms with Crippen molar-refractivity contribution in [3.8, 4) is 0 Å². The number of nitrogens with one attached hydrogen (secondary N) is 2. The first-order chi connectivity index (χ1) is 10.9. The lowest BCUT2D eigenvalue weighted by Gasteiger charge is -2.12. The van der Waals surface area contributed by atoms with E-state index in [1.165, 1.54) is 0 Å². The molecule has 1 unspecified atom stereocenters. The molecular formula is C17H19N3O3. The minimum Gasteiger partial charge on any atom is -0.465 e. The number of carbonyl (C=O) groups is 2. The van der Waals surface area contributed by atoms with E-state index in [2.05, 4.69) is 10.6 Å². The lowest BCUT2D eigenvalue weighted by atomic mass is 10.0. The van der Waals surface area contributed by atoms with Crippen LogP contribution in [0.25, 0.3) is 0 Å². The number of hydrogen-bond acceptors (Lipinski definition) is 3. The van der Waals surface area contributed by atoms with E-state index in [4.69, 9.17) is 10.8 Å². The zero-order chi connectivity index (χ0) is 16.8. The molecule has 0 heterocycles. The number of nitrogens with two attached hydrogens (primary N) is 1. The van der Waals surface area contributed by atoms with Crippen LogP contribution in [0.2, 0.25) is 0 Å². The SMILES string of the molecule is CC(Cc1cccc(C(=O)Nc2cccc(N)c2)c1)NC(=O)O. The molecule has 2 amide bonds. The lowest BCUT2D eigenvalue weighted by molar-refractivity contribution is 0.102. The van der Waals surface area contributed by atoms with Crippen LogP contribution in [-0.2, 0) is 6.42 Å². The van der Waals surface area contributed by atoms with Crippen molar-refractivity contribution >= 4 is 23.4 Å². The van der Waals surface area contributed by atoms with Crippen LogP contribution in [0.15, 0.2) is 48.5 Å². The van der Waals surface area contributed by atoms with Gasteiger partial charge in [-0.2, -0.15) is 0 Å². The van der Waals surface area contributed by atoms with E-state index >= 15 is 0 Å². The Labute approximate surface area is 134 Å². The molecule has 0 aliphatic rings. The molecule has 0 aliphatic carbocycles. The predicted octanol–water partition coefficient (Wildman–Crippen LogP) is 2.72. The molecule has 1 atom stereocenters. The summed E-state index contributed by atoms with van der Waals surface area (Å²) in [5.74, 6) is -0.240. The lowest BCUT2D eigenvalue weighted by Crippen LogP contribution is -2.32. The van der Waals surface area contributed by atoms with E-state index in [0.29, 0.717) is 23.4 Å². The Morgan fingerprint density at radius 2 is 1.91 bits per heavy atom. The van der Waals surface area contributed by atoms with Crippen LogP contribution in [0, 0.1) is 0 Å². The van der Waals surface area contributed by atoms with Crippen molar-refractivity contribution in [3.05, 3.63) is 59.7 Å². The van der Waals surface area contributed by atoms with Gasteiger partial charge < -0.3 is 21.5 Å². The summed E-state index contributed by atoms with van der Waals surface area (Å²) < 4.78 is 0. The summed E-state index contributed by atoms with van der Waals surface area (Å²) in [7, 11) is 0. The van der Waals surface area contributed by atoms with Crippen LogP contribution in [0.4, 0.5) is 16.2 Å². The summed E-state index contributed by atoms with van der Waals surface area (Å²) in [5, 5.41) is 13.9. The minimum atomic E-state index is -1.06. The van der Waals surface area contributed by atoms with E-state index < -0.39 is 6.09 Å². The van der Waals surface area contributed by atoms with Gasteiger partial charge in [0.15, 0.2) is 0 Å². The second kappa shape index (κ2) is 7.31. The molecule has 0 aliphatic heterocycles. The molecule has 0 bridgehead atoms. The third-order valence-electron chi connectivity index (χ3n) is 3.25. The number of anilines is 2. The summed E-state index contributed by atoms with van der Waals surface area (Å²) >= 11 is 0. The predicted molar refractivity (Wildman–Crippen MR) is 89.6 cm³/mol. The van der Waals surface area contributed by atoms with E-state index in [9.17, 15) is 9.59 Å². The fourth-order valence-electron chi connectivity index (χ4n) is 2.27. The van der Waals surface area contributed by atoms with Gasteiger partial charge in [-0.15, -0.1) is 0 Å². The van der Waals surface area contributed by atoms with Gasteiger partial charge in [0.05, 0.1) is 0 Å². The number of hydrogen-bond donors (Lipinski definition) is 4. The van der Waals surface area contributed by atoms with Gasteiger partial charge in [0.25, 0.3) is 5.91 Å². The molecule has 0 radical (unpaired) electrons. The maximum atomic E-state index is 12.3. The summed E-state index contributed by atoms with van der Waals surface area (Å²) in [6.07, 6.45) is -0.556. The number of amides is 2. The summed E-state index contributed by atoms with van der Waals surface area (Å²) in [6.45, 7) is 1.77. The first kappa shape index (κ1) is 16.4. The van der Waals surface area contributed by atoms with E-state index in [1.807, 2.05) is 6.07 Å². The molecule has 2 aromatic carbocycles. The van der Waals surface area contributed by atoms with Crippen molar-refractivity contribution in [1.29, 1.82) is 0 Å². The number of nitrogen functional groups attached to an aromatic ring is 1. The van der Waals surface area contributed by atoms with E-state index in [-0.39, 0.29) is 11.9 Å². The first-order valence-corrected chi connectivity index (χ1v) is 7.19. The Balaban J connectivity index is 2.06. The molecule has 0 fully saturated rings. The second-order valence-electron chi connectivity index (χ2n) is 5.33. The highest BCUT2D eigenvalue weighted by molar-refractivity contribution is 6.04. The molecule has 0 saturated heterocycles. The van der Waals surface area contributed by atoms with Crippen molar-refractivity contribution in [1.82, 2.24) is 5.32 Å². The van der Waals surface area contributed by atoms with Gasteiger partial charge >= 0.3 is 6.09 Å². The average molecular weight is 313 g/mol. The van der Waals surface area contributed by atoms with Gasteiger partial charge in [-0.1, -0.05) is 18.2 Å². The largest absolute Gasteiger partial charge is 0.465 e. The fraction of sp³-hybridized carbons (Fsp3) is 0.176. The number of carbonyl (C=O) groups excluding carboxylic acids is 1. The molecule has 0 saturated carbocycles. The van der Waals surface area contributed by atoms with Crippen molar-refractivity contribution in [3.63, 3.8) is 0 Å². The zero-order valence-corrected chi connectivity index (χ0v) is 12.7. The molecule has 5 N–H and O–H groups in total. The molecule has 6 heteroatoms. The van der Waals surface area contributed by atoms with Gasteiger partial charge in [0.2, 0.25) is 0 Å². The minimum absolute atomic E-state index is 0.236. The van der Waals surface area contributed by atoms with Crippen molar-refractivity contribution in [2.24, 2.45) is 0 Å². The van der Waals surface area contributed by atoms with Gasteiger partial charge in [-0.05, 0) is 49.2 Å². The smallest absolute Gasteiger partial charge is 0.404 e. The molecule has 2 aromatic rings. The van der Waals surface area contributed by atoms with Crippen LogP contribution in [-0.4, -0.2) is 23.1 Å². The zero-order valence-electron chi connectivity index (χ0n) is 12.7. The van der Waals surface area contributed by atoms with Crippen LogP contribution >= 0.6 is 0 Å². The van der Waals surface area contributed by atoms with Gasteiger partial charge in [-0.25, -0.2) is 4.79 Å². The Kier molecular flexibility index (Phi) is 5.19. The van der Waals surface area contributed by atoms with Gasteiger partial charge in [0, 0.05) is 23.0 Å². The highest BCUT2D eigenvalue weighted by Gasteiger charge is 2.10. The Bertz CT molecular complexity index is 716. The standard InChI is InChI=1S/C17H19N3O3/c1-11(19-17(22)23)8-12-4-2-5-13(9-12)16(21)20-15-7-3-6-14(18)10-15/h2-7,9-11,19H,8,18H2,1H3,(H,20,21)(H,22,23). The highest BCUT2D eigenvalue weighted by atomic mass is 16.4. The molecule has 0 spiro atoms. The van der Waals surface area contributed by atoms with Gasteiger partial charge in [-0.3, -0.25) is 4.79 Å². The fourth-order valence-corrected chi connectivity index (χ4v) is 2.27. The van der Waals surface area contributed by atoms with E-state index in [1.54, 1.807) is 49.4 Å².